The van der Waals surface area contributed by atoms with Gasteiger partial charge in [-0.25, -0.2) is 0 Å². The lowest BCUT2D eigenvalue weighted by Gasteiger charge is -2.16. The Morgan fingerprint density at radius 1 is 1.17 bits per heavy atom. The highest BCUT2D eigenvalue weighted by Crippen LogP contribution is 2.46. The second-order valence-corrected chi connectivity index (χ2v) is 7.56. The van der Waals surface area contributed by atoms with Crippen LogP contribution in [-0.2, 0) is 4.79 Å². The number of H-pyrrole nitrogens is 1. The van der Waals surface area contributed by atoms with Gasteiger partial charge in [-0.1, -0.05) is 37.3 Å². The third-order valence-electron chi connectivity index (χ3n) is 5.60. The van der Waals surface area contributed by atoms with E-state index in [1.54, 1.807) is 0 Å². The van der Waals surface area contributed by atoms with Crippen LogP contribution >= 0.6 is 0 Å². The van der Waals surface area contributed by atoms with Crippen molar-refractivity contribution in [2.75, 3.05) is 12.1 Å². The predicted octanol–water partition coefficient (Wildman–Crippen LogP) is 4.82. The topological polar surface area (TPSA) is 76.2 Å². The zero-order valence-electron chi connectivity index (χ0n) is 16.3. The Labute approximate surface area is 169 Å². The lowest BCUT2D eigenvalue weighted by Crippen LogP contribution is -2.21. The standard InChI is InChI=1S/C23H23N3O3/c1-2-17(14-6-4-3-5-7-14)23(27)24-22-20(15-8-9-15)25-26-21(22)16-10-11-18-19(12-16)29-13-28-18/h3-7,10-12,15,17H,2,8-9,13H2,1H3,(H,24,27)(H,25,26)/t17-/m1/s1. The molecule has 0 spiro atoms. The van der Waals surface area contributed by atoms with E-state index in [-0.39, 0.29) is 18.6 Å². The molecule has 1 amide bonds. The van der Waals surface area contributed by atoms with Crippen LogP contribution in [-0.4, -0.2) is 22.9 Å². The van der Waals surface area contributed by atoms with Crippen LogP contribution in [0.2, 0.25) is 0 Å². The van der Waals surface area contributed by atoms with Gasteiger partial charge in [-0.15, -0.1) is 0 Å². The third-order valence-corrected chi connectivity index (χ3v) is 5.60. The number of nitrogens with zero attached hydrogens (tertiary/aromatic N) is 1. The molecule has 2 aliphatic rings. The molecule has 6 heteroatoms. The number of carbonyl (C=O) groups is 1. The fraction of sp³-hybridized carbons (Fsp3) is 0.304. The van der Waals surface area contributed by atoms with Crippen molar-refractivity contribution in [1.29, 1.82) is 0 Å². The van der Waals surface area contributed by atoms with Crippen molar-refractivity contribution in [3.05, 3.63) is 59.8 Å². The van der Waals surface area contributed by atoms with E-state index in [1.807, 2.05) is 55.5 Å². The summed E-state index contributed by atoms with van der Waals surface area (Å²) in [4.78, 5) is 13.2. The first-order chi connectivity index (χ1) is 14.2. The second-order valence-electron chi connectivity index (χ2n) is 7.56. The van der Waals surface area contributed by atoms with E-state index >= 15 is 0 Å². The number of benzene rings is 2. The summed E-state index contributed by atoms with van der Waals surface area (Å²) >= 11 is 0. The van der Waals surface area contributed by atoms with Crippen molar-refractivity contribution >= 4 is 11.6 Å². The molecule has 5 rings (SSSR count). The third kappa shape index (κ3) is 3.35. The molecule has 2 heterocycles. The highest BCUT2D eigenvalue weighted by Gasteiger charge is 2.32. The molecule has 0 bridgehead atoms. The van der Waals surface area contributed by atoms with E-state index in [2.05, 4.69) is 15.5 Å². The lowest BCUT2D eigenvalue weighted by atomic mass is 9.95. The van der Waals surface area contributed by atoms with Crippen molar-refractivity contribution < 1.29 is 14.3 Å². The summed E-state index contributed by atoms with van der Waals surface area (Å²) < 4.78 is 10.9. The Kier molecular flexibility index (Phi) is 4.46. The molecular weight excluding hydrogens is 366 g/mol. The molecular formula is C23H23N3O3. The fourth-order valence-electron chi connectivity index (χ4n) is 3.87. The summed E-state index contributed by atoms with van der Waals surface area (Å²) in [6.07, 6.45) is 2.95. The Hall–Kier alpha value is -3.28. The van der Waals surface area contributed by atoms with Crippen molar-refractivity contribution in [1.82, 2.24) is 10.2 Å². The van der Waals surface area contributed by atoms with Crippen LogP contribution in [0, 0.1) is 0 Å². The van der Waals surface area contributed by atoms with Crippen LogP contribution in [0.3, 0.4) is 0 Å². The first-order valence-electron chi connectivity index (χ1n) is 10.1. The maximum Gasteiger partial charge on any atom is 0.232 e. The maximum absolute atomic E-state index is 13.2. The van der Waals surface area contributed by atoms with Crippen LogP contribution in [0.5, 0.6) is 11.5 Å². The van der Waals surface area contributed by atoms with E-state index in [0.717, 1.165) is 53.2 Å². The van der Waals surface area contributed by atoms with Crippen LogP contribution in [0.25, 0.3) is 11.3 Å². The number of anilines is 1. The first kappa shape index (κ1) is 17.8. The monoisotopic (exact) mass is 389 g/mol. The first-order valence-corrected chi connectivity index (χ1v) is 10.1. The van der Waals surface area contributed by atoms with Gasteiger partial charge in [0.1, 0.15) is 5.69 Å². The number of hydrogen-bond donors (Lipinski definition) is 2. The summed E-state index contributed by atoms with van der Waals surface area (Å²) in [7, 11) is 0. The van der Waals surface area contributed by atoms with E-state index in [9.17, 15) is 4.79 Å². The number of rotatable bonds is 6. The molecule has 0 saturated heterocycles. The van der Waals surface area contributed by atoms with Crippen molar-refractivity contribution in [2.45, 2.75) is 38.0 Å². The number of aromatic nitrogens is 2. The molecule has 1 saturated carbocycles. The van der Waals surface area contributed by atoms with Gasteiger partial charge in [-0.3, -0.25) is 9.89 Å². The Balaban J connectivity index is 1.49. The van der Waals surface area contributed by atoms with Crippen LogP contribution in [0.1, 0.15) is 49.3 Å². The van der Waals surface area contributed by atoms with Gasteiger partial charge < -0.3 is 14.8 Å². The number of fused-ring (bicyclic) bond motifs is 1. The summed E-state index contributed by atoms with van der Waals surface area (Å²) in [6.45, 7) is 2.26. The molecule has 1 atom stereocenters. The fourth-order valence-corrected chi connectivity index (χ4v) is 3.87. The average molecular weight is 389 g/mol. The van der Waals surface area contributed by atoms with Crippen LogP contribution in [0.4, 0.5) is 5.69 Å². The van der Waals surface area contributed by atoms with E-state index in [4.69, 9.17) is 9.47 Å². The number of carbonyl (C=O) groups excluding carboxylic acids is 1. The van der Waals surface area contributed by atoms with E-state index in [0.29, 0.717) is 11.7 Å². The smallest absolute Gasteiger partial charge is 0.232 e. The number of nitrogens with one attached hydrogen (secondary N) is 2. The van der Waals surface area contributed by atoms with Crippen LogP contribution < -0.4 is 14.8 Å². The quantitative estimate of drug-likeness (QED) is 0.634. The van der Waals surface area contributed by atoms with Gasteiger partial charge >= 0.3 is 0 Å². The van der Waals surface area contributed by atoms with Crippen molar-refractivity contribution in [3.8, 4) is 22.8 Å². The molecule has 29 heavy (non-hydrogen) atoms. The Morgan fingerprint density at radius 2 is 1.97 bits per heavy atom. The van der Waals surface area contributed by atoms with Gasteiger partial charge in [-0.05, 0) is 43.0 Å². The highest BCUT2D eigenvalue weighted by atomic mass is 16.7. The lowest BCUT2D eigenvalue weighted by molar-refractivity contribution is -0.117. The van der Waals surface area contributed by atoms with E-state index < -0.39 is 0 Å². The molecule has 0 unspecified atom stereocenters. The molecule has 1 aliphatic carbocycles. The average Bonchev–Trinajstić information content (AvgIpc) is 3.33. The van der Waals surface area contributed by atoms with E-state index in [1.165, 1.54) is 0 Å². The SMILES string of the molecule is CC[C@@H](C(=O)Nc1c(-c2ccc3c(c2)OCO3)n[nH]c1C1CC1)c1ccccc1. The Morgan fingerprint density at radius 3 is 2.72 bits per heavy atom. The number of hydrogen-bond acceptors (Lipinski definition) is 4. The molecule has 2 aromatic carbocycles. The normalized spacial score (nSPS) is 15.9. The molecule has 148 valence electrons. The maximum atomic E-state index is 13.2. The molecule has 2 N–H and O–H groups in total. The van der Waals surface area contributed by atoms with Gasteiger partial charge in [-0.2, -0.15) is 5.10 Å². The minimum absolute atomic E-state index is 0.0102. The number of amides is 1. The summed E-state index contributed by atoms with van der Waals surface area (Å²) in [6, 6.07) is 15.7. The molecule has 1 fully saturated rings. The molecule has 3 aromatic rings. The van der Waals surface area contributed by atoms with Gasteiger partial charge in [0, 0.05) is 11.5 Å². The Bertz CT molecular complexity index is 1040. The molecule has 6 nitrogen and oxygen atoms in total. The zero-order valence-corrected chi connectivity index (χ0v) is 16.3. The van der Waals surface area contributed by atoms with Gasteiger partial charge in [0.05, 0.1) is 17.3 Å². The predicted molar refractivity (Wildman–Crippen MR) is 110 cm³/mol. The molecule has 0 radical (unpaired) electrons. The minimum Gasteiger partial charge on any atom is -0.454 e. The second kappa shape index (κ2) is 7.28. The van der Waals surface area contributed by atoms with Crippen molar-refractivity contribution in [3.63, 3.8) is 0 Å². The highest BCUT2D eigenvalue weighted by molar-refractivity contribution is 5.99. The number of ether oxygens (including phenoxy) is 2. The van der Waals surface area contributed by atoms with Gasteiger partial charge in [0.2, 0.25) is 12.7 Å². The van der Waals surface area contributed by atoms with Gasteiger partial charge in [0.25, 0.3) is 0 Å². The summed E-state index contributed by atoms with van der Waals surface area (Å²) in [5, 5.41) is 10.9. The zero-order chi connectivity index (χ0) is 19.8. The van der Waals surface area contributed by atoms with Gasteiger partial charge in [0.15, 0.2) is 11.5 Å². The number of aromatic amines is 1. The summed E-state index contributed by atoms with van der Waals surface area (Å²) in [5.41, 5.74) is 4.44. The summed E-state index contributed by atoms with van der Waals surface area (Å²) in [5.74, 6) is 1.64. The largest absolute Gasteiger partial charge is 0.454 e. The molecule has 1 aliphatic heterocycles. The molecule has 1 aromatic heterocycles. The van der Waals surface area contributed by atoms with Crippen molar-refractivity contribution in [2.24, 2.45) is 0 Å². The minimum atomic E-state index is -0.206. The van der Waals surface area contributed by atoms with Crippen LogP contribution in [0.15, 0.2) is 48.5 Å².